The smallest absolute Gasteiger partial charge is 0.160 e. The van der Waals surface area contributed by atoms with E-state index < -0.39 is 0 Å². The van der Waals surface area contributed by atoms with Crippen LogP contribution >= 0.6 is 11.8 Å². The van der Waals surface area contributed by atoms with E-state index in [0.29, 0.717) is 11.8 Å². The number of rotatable bonds is 4. The number of thioether (sulfide) groups is 1. The van der Waals surface area contributed by atoms with Crippen molar-refractivity contribution in [1.29, 1.82) is 0 Å². The molecule has 3 aliphatic carbocycles. The van der Waals surface area contributed by atoms with Gasteiger partial charge in [0.15, 0.2) is 5.82 Å². The fraction of sp³-hybridized carbons (Fsp3) is 0.106. The Morgan fingerprint density at radius 2 is 1.24 bits per heavy atom. The molecule has 2 heterocycles. The SMILES string of the molecule is C1=CC2c3ccc(-c4ccc(-c5nc(-c6ccccc6)cc(-c6ccccc6)n5)cc4)cc3C3(C4=C(C=CCC4)Sc4ccccc43)C2C=C1. The number of aromatic nitrogens is 2. The summed E-state index contributed by atoms with van der Waals surface area (Å²) in [5.74, 6) is 1.44. The van der Waals surface area contributed by atoms with Crippen LogP contribution in [0.25, 0.3) is 45.0 Å². The highest BCUT2D eigenvalue weighted by atomic mass is 32.2. The van der Waals surface area contributed by atoms with E-state index in [0.717, 1.165) is 46.7 Å². The van der Waals surface area contributed by atoms with E-state index >= 15 is 0 Å². The first-order chi connectivity index (χ1) is 24.8. The van der Waals surface area contributed by atoms with E-state index in [1.165, 1.54) is 37.6 Å². The predicted molar refractivity (Wildman–Crippen MR) is 207 cm³/mol. The maximum atomic E-state index is 5.07. The van der Waals surface area contributed by atoms with Crippen molar-refractivity contribution >= 4 is 11.8 Å². The van der Waals surface area contributed by atoms with Crippen molar-refractivity contribution in [3.8, 4) is 45.0 Å². The Kier molecular flexibility index (Phi) is 6.95. The average Bonchev–Trinajstić information content (AvgIpc) is 3.48. The summed E-state index contributed by atoms with van der Waals surface area (Å²) < 4.78 is 0. The first-order valence-corrected chi connectivity index (χ1v) is 18.4. The lowest BCUT2D eigenvalue weighted by atomic mass is 9.61. The third-order valence-electron chi connectivity index (χ3n) is 10.9. The van der Waals surface area contributed by atoms with E-state index in [4.69, 9.17) is 9.97 Å². The largest absolute Gasteiger partial charge is 0.228 e. The van der Waals surface area contributed by atoms with E-state index in [9.17, 15) is 0 Å². The lowest BCUT2D eigenvalue weighted by Gasteiger charge is -2.45. The van der Waals surface area contributed by atoms with Gasteiger partial charge in [0.05, 0.1) is 16.8 Å². The predicted octanol–water partition coefficient (Wildman–Crippen LogP) is 12.0. The van der Waals surface area contributed by atoms with E-state index in [2.05, 4.69) is 158 Å². The third kappa shape index (κ3) is 4.57. The van der Waals surface area contributed by atoms with Crippen molar-refractivity contribution in [2.75, 3.05) is 0 Å². The minimum Gasteiger partial charge on any atom is -0.228 e. The van der Waals surface area contributed by atoms with Gasteiger partial charge >= 0.3 is 0 Å². The van der Waals surface area contributed by atoms with Crippen LogP contribution in [0, 0.1) is 5.92 Å². The molecule has 6 aromatic rings. The molecule has 0 radical (unpaired) electrons. The maximum Gasteiger partial charge on any atom is 0.160 e. The topological polar surface area (TPSA) is 25.8 Å². The second-order valence-electron chi connectivity index (χ2n) is 13.6. The van der Waals surface area contributed by atoms with Gasteiger partial charge in [-0.2, -0.15) is 0 Å². The average molecular weight is 659 g/mol. The number of hydrogen-bond donors (Lipinski definition) is 0. The van der Waals surface area contributed by atoms with Crippen LogP contribution in [0.1, 0.15) is 35.4 Å². The van der Waals surface area contributed by atoms with Crippen LogP contribution in [0.2, 0.25) is 0 Å². The summed E-state index contributed by atoms with van der Waals surface area (Å²) in [6.07, 6.45) is 16.4. The van der Waals surface area contributed by atoms with Gasteiger partial charge in [-0.1, -0.05) is 163 Å². The standard InChI is InChI=1S/C47H34N2S/c1-3-13-32(14-4-1)42-30-43(33-15-5-2-6-16-33)49-46(48-42)34-25-23-31(24-26-34)35-27-28-37-36-17-7-8-18-38(36)47(41(37)29-35)39-19-9-11-21-44(39)50-45-22-12-10-20-40(45)47/h1-9,11-19,21-30,36,38H,10,20H2. The molecular weight excluding hydrogens is 625 g/mol. The van der Waals surface area contributed by atoms with Gasteiger partial charge in [-0.25, -0.2) is 9.97 Å². The molecule has 1 spiro atoms. The monoisotopic (exact) mass is 658 g/mol. The Morgan fingerprint density at radius 1 is 0.580 bits per heavy atom. The zero-order valence-corrected chi connectivity index (χ0v) is 28.4. The minimum absolute atomic E-state index is 0.182. The van der Waals surface area contributed by atoms with Crippen LogP contribution in [0.15, 0.2) is 185 Å². The summed E-state index contributed by atoms with van der Waals surface area (Å²) in [4.78, 5) is 13.0. The van der Waals surface area contributed by atoms with Crippen LogP contribution in [0.3, 0.4) is 0 Å². The highest BCUT2D eigenvalue weighted by molar-refractivity contribution is 8.03. The molecule has 238 valence electrons. The van der Waals surface area contributed by atoms with Gasteiger partial charge in [0.2, 0.25) is 0 Å². The van der Waals surface area contributed by atoms with Crippen molar-refractivity contribution in [3.05, 3.63) is 197 Å². The van der Waals surface area contributed by atoms with Gasteiger partial charge in [-0.3, -0.25) is 0 Å². The quantitative estimate of drug-likeness (QED) is 0.188. The molecular formula is C47H34N2S. The number of hydrogen-bond acceptors (Lipinski definition) is 3. The van der Waals surface area contributed by atoms with Gasteiger partial charge in [0, 0.05) is 38.3 Å². The number of fused-ring (bicyclic) bond motifs is 8. The third-order valence-corrected chi connectivity index (χ3v) is 12.1. The molecule has 1 aromatic heterocycles. The molecule has 0 amide bonds. The molecule has 0 fully saturated rings. The van der Waals surface area contributed by atoms with Gasteiger partial charge in [0.25, 0.3) is 0 Å². The van der Waals surface area contributed by atoms with Crippen molar-refractivity contribution in [1.82, 2.24) is 9.97 Å². The lowest BCUT2D eigenvalue weighted by Crippen LogP contribution is -2.38. The van der Waals surface area contributed by atoms with Crippen LogP contribution in [-0.2, 0) is 5.41 Å². The summed E-state index contributed by atoms with van der Waals surface area (Å²) in [7, 11) is 0. The molecule has 4 aliphatic rings. The van der Waals surface area contributed by atoms with Crippen LogP contribution in [0.4, 0.5) is 0 Å². The second-order valence-corrected chi connectivity index (χ2v) is 14.7. The minimum atomic E-state index is -0.182. The molecule has 10 rings (SSSR count). The molecule has 3 unspecified atom stereocenters. The van der Waals surface area contributed by atoms with E-state index in [1.807, 2.05) is 23.9 Å². The second kappa shape index (κ2) is 11.8. The Hall–Kier alpha value is -5.51. The lowest BCUT2D eigenvalue weighted by molar-refractivity contribution is 0.428. The summed E-state index contributed by atoms with van der Waals surface area (Å²) in [5, 5.41) is 0. The fourth-order valence-corrected chi connectivity index (χ4v) is 10.0. The normalized spacial score (nSPS) is 21.1. The highest BCUT2D eigenvalue weighted by Crippen LogP contribution is 2.66. The number of nitrogens with zero attached hydrogens (tertiary/aromatic N) is 2. The summed E-state index contributed by atoms with van der Waals surface area (Å²) in [6, 6.07) is 48.1. The molecule has 1 aliphatic heterocycles. The summed E-state index contributed by atoms with van der Waals surface area (Å²) in [6.45, 7) is 0. The first-order valence-electron chi connectivity index (χ1n) is 17.5. The van der Waals surface area contributed by atoms with Gasteiger partial charge in [0.1, 0.15) is 0 Å². The molecule has 0 bridgehead atoms. The van der Waals surface area contributed by atoms with Crippen molar-refractivity contribution in [2.45, 2.75) is 29.1 Å². The van der Waals surface area contributed by atoms with Crippen molar-refractivity contribution < 1.29 is 0 Å². The Labute approximate surface area is 297 Å². The fourth-order valence-electron chi connectivity index (χ4n) is 8.75. The number of allylic oxidation sites excluding steroid dienone is 7. The first kappa shape index (κ1) is 29.4. The van der Waals surface area contributed by atoms with Crippen LogP contribution in [-0.4, -0.2) is 9.97 Å². The van der Waals surface area contributed by atoms with Crippen molar-refractivity contribution in [2.24, 2.45) is 5.92 Å². The zero-order chi connectivity index (χ0) is 33.1. The molecule has 2 nitrogen and oxygen atoms in total. The van der Waals surface area contributed by atoms with Gasteiger partial charge in [-0.05, 0) is 64.4 Å². The van der Waals surface area contributed by atoms with E-state index in [1.54, 1.807) is 5.57 Å². The molecule has 5 aromatic carbocycles. The molecule has 3 heteroatoms. The van der Waals surface area contributed by atoms with Crippen LogP contribution < -0.4 is 0 Å². The summed E-state index contributed by atoms with van der Waals surface area (Å²) >= 11 is 1.95. The number of benzene rings is 5. The molecule has 0 N–H and O–H groups in total. The van der Waals surface area contributed by atoms with Gasteiger partial charge in [-0.15, -0.1) is 0 Å². The van der Waals surface area contributed by atoms with Crippen LogP contribution in [0.5, 0.6) is 0 Å². The molecule has 0 saturated heterocycles. The highest BCUT2D eigenvalue weighted by Gasteiger charge is 2.56. The molecule has 0 saturated carbocycles. The summed E-state index contributed by atoms with van der Waals surface area (Å²) in [5.41, 5.74) is 13.2. The molecule has 3 atom stereocenters. The Morgan fingerprint density at radius 3 is 2.00 bits per heavy atom. The Balaban J connectivity index is 1.10. The van der Waals surface area contributed by atoms with E-state index in [-0.39, 0.29) is 5.41 Å². The zero-order valence-electron chi connectivity index (χ0n) is 27.5. The Bertz CT molecular complexity index is 2340. The van der Waals surface area contributed by atoms with Crippen molar-refractivity contribution in [3.63, 3.8) is 0 Å². The maximum absolute atomic E-state index is 5.07. The molecule has 50 heavy (non-hydrogen) atoms. The van der Waals surface area contributed by atoms with Gasteiger partial charge < -0.3 is 0 Å².